The van der Waals surface area contributed by atoms with E-state index in [0.717, 1.165) is 41.0 Å². The molecule has 0 saturated carbocycles. The van der Waals surface area contributed by atoms with E-state index in [1.54, 1.807) is 24.3 Å². The van der Waals surface area contributed by atoms with Gasteiger partial charge in [0.15, 0.2) is 0 Å². The number of methoxy groups -OCH3 is 1. The fourth-order valence-corrected chi connectivity index (χ4v) is 3.77. The molecule has 0 unspecified atom stereocenters. The molecule has 3 aromatic carbocycles. The maximum Gasteiger partial charge on any atom is 0.337 e. The van der Waals surface area contributed by atoms with Gasteiger partial charge in [-0.05, 0) is 66.1 Å². The van der Waals surface area contributed by atoms with E-state index in [1.165, 1.54) is 32.8 Å². The van der Waals surface area contributed by atoms with Crippen LogP contribution >= 0.6 is 0 Å². The zero-order valence-corrected chi connectivity index (χ0v) is 20.2. The second-order valence-corrected chi connectivity index (χ2v) is 8.35. The van der Waals surface area contributed by atoms with Crippen LogP contribution in [0.1, 0.15) is 49.4 Å². The zero-order valence-electron chi connectivity index (χ0n) is 20.2. The summed E-state index contributed by atoms with van der Waals surface area (Å²) < 4.78 is 16.4. The van der Waals surface area contributed by atoms with Crippen molar-refractivity contribution in [3.05, 3.63) is 78.4 Å². The van der Waals surface area contributed by atoms with Gasteiger partial charge in [0.2, 0.25) is 11.8 Å². The van der Waals surface area contributed by atoms with Crippen LogP contribution < -0.4 is 4.74 Å². The maximum atomic E-state index is 11.6. The lowest BCUT2D eigenvalue weighted by molar-refractivity contribution is 0.0600. The van der Waals surface area contributed by atoms with Crippen molar-refractivity contribution in [3.63, 3.8) is 0 Å². The summed E-state index contributed by atoms with van der Waals surface area (Å²) in [4.78, 5) is 11.6. The monoisotopic (exact) mass is 470 g/mol. The van der Waals surface area contributed by atoms with E-state index >= 15 is 0 Å². The predicted octanol–water partition coefficient (Wildman–Crippen LogP) is 7.21. The number of unbranched alkanes of at least 4 members (excludes halogenated alkanes) is 4. The molecule has 0 spiro atoms. The first-order chi connectivity index (χ1) is 17.2. The molecule has 0 fully saturated rings. The Morgan fingerprint density at radius 2 is 1.23 bits per heavy atom. The van der Waals surface area contributed by atoms with Gasteiger partial charge in [-0.3, -0.25) is 0 Å². The van der Waals surface area contributed by atoms with Crippen molar-refractivity contribution in [1.29, 1.82) is 0 Å². The highest BCUT2D eigenvalue weighted by molar-refractivity contribution is 5.89. The van der Waals surface area contributed by atoms with E-state index in [1.807, 2.05) is 36.4 Å². The van der Waals surface area contributed by atoms with E-state index in [-0.39, 0.29) is 5.97 Å². The molecule has 4 aromatic rings. The van der Waals surface area contributed by atoms with E-state index in [4.69, 9.17) is 13.9 Å². The van der Waals surface area contributed by atoms with Crippen LogP contribution in [0.5, 0.6) is 5.75 Å². The number of benzene rings is 3. The highest BCUT2D eigenvalue weighted by atomic mass is 16.5. The second kappa shape index (κ2) is 12.0. The largest absolute Gasteiger partial charge is 0.494 e. The summed E-state index contributed by atoms with van der Waals surface area (Å²) >= 11 is 0. The summed E-state index contributed by atoms with van der Waals surface area (Å²) in [6.45, 7) is 2.99. The van der Waals surface area contributed by atoms with Crippen LogP contribution in [0.3, 0.4) is 0 Å². The predicted molar refractivity (Wildman–Crippen MR) is 136 cm³/mol. The molecule has 0 amide bonds. The smallest absolute Gasteiger partial charge is 0.337 e. The first kappa shape index (κ1) is 24.2. The van der Waals surface area contributed by atoms with Gasteiger partial charge >= 0.3 is 5.97 Å². The number of carbonyl (C=O) groups excluding carboxylic acids is 1. The number of ether oxygens (including phenoxy) is 2. The second-order valence-electron chi connectivity index (χ2n) is 8.35. The third-order valence-corrected chi connectivity index (χ3v) is 5.81. The van der Waals surface area contributed by atoms with Crippen molar-refractivity contribution in [2.45, 2.75) is 39.0 Å². The average Bonchev–Trinajstić information content (AvgIpc) is 3.41. The van der Waals surface area contributed by atoms with Crippen molar-refractivity contribution in [2.24, 2.45) is 0 Å². The summed E-state index contributed by atoms with van der Waals surface area (Å²) in [6.07, 6.45) is 6.16. The lowest BCUT2D eigenvalue weighted by atomic mass is 10.0. The Labute approximate surface area is 205 Å². The standard InChI is InChI=1S/C29H30N2O4/c1-3-4-5-6-7-20-34-26-18-16-22(17-19-26)21-8-10-23(11-9-21)27-30-31-28(35-27)24-12-14-25(15-13-24)29(32)33-2/h8-19H,3-7,20H2,1-2H3. The Morgan fingerprint density at radius 3 is 1.80 bits per heavy atom. The van der Waals surface area contributed by atoms with Gasteiger partial charge in [-0.1, -0.05) is 56.9 Å². The molecule has 4 rings (SSSR count). The number of hydrogen-bond acceptors (Lipinski definition) is 6. The Hall–Kier alpha value is -3.93. The number of rotatable bonds is 11. The summed E-state index contributed by atoms with van der Waals surface area (Å²) in [5, 5.41) is 8.32. The van der Waals surface area contributed by atoms with Crippen molar-refractivity contribution in [3.8, 4) is 39.8 Å². The first-order valence-corrected chi connectivity index (χ1v) is 12.0. The fraction of sp³-hybridized carbons (Fsp3) is 0.276. The SMILES string of the molecule is CCCCCCCOc1ccc(-c2ccc(-c3nnc(-c4ccc(C(=O)OC)cc4)o3)cc2)cc1. The average molecular weight is 471 g/mol. The van der Waals surface area contributed by atoms with Crippen LogP contribution in [0.4, 0.5) is 0 Å². The normalized spacial score (nSPS) is 10.8. The molecule has 1 aromatic heterocycles. The number of carbonyl (C=O) groups is 1. The summed E-state index contributed by atoms with van der Waals surface area (Å²) in [5.74, 6) is 1.34. The van der Waals surface area contributed by atoms with Crippen LogP contribution in [0, 0.1) is 0 Å². The lowest BCUT2D eigenvalue weighted by Gasteiger charge is -2.08. The van der Waals surface area contributed by atoms with Crippen LogP contribution in [-0.4, -0.2) is 29.9 Å². The van der Waals surface area contributed by atoms with Gasteiger partial charge in [0.1, 0.15) is 5.75 Å². The summed E-state index contributed by atoms with van der Waals surface area (Å²) in [7, 11) is 1.35. The molecule has 1 heterocycles. The topological polar surface area (TPSA) is 74.5 Å². The summed E-state index contributed by atoms with van der Waals surface area (Å²) in [6, 6.07) is 23.0. The van der Waals surface area contributed by atoms with Gasteiger partial charge < -0.3 is 13.9 Å². The molecule has 0 aliphatic rings. The molecule has 0 saturated heterocycles. The molecule has 0 radical (unpaired) electrons. The number of aromatic nitrogens is 2. The Bertz CT molecular complexity index is 1210. The summed E-state index contributed by atoms with van der Waals surface area (Å²) in [5.41, 5.74) is 4.24. The van der Waals surface area contributed by atoms with Gasteiger partial charge in [0.25, 0.3) is 0 Å². The van der Waals surface area contributed by atoms with Gasteiger partial charge in [-0.2, -0.15) is 0 Å². The fourth-order valence-electron chi connectivity index (χ4n) is 3.77. The minimum Gasteiger partial charge on any atom is -0.494 e. The maximum absolute atomic E-state index is 11.6. The van der Waals surface area contributed by atoms with E-state index in [2.05, 4.69) is 29.3 Å². The van der Waals surface area contributed by atoms with Crippen molar-refractivity contribution < 1.29 is 18.7 Å². The van der Waals surface area contributed by atoms with Crippen LogP contribution in [0.25, 0.3) is 34.0 Å². The third-order valence-electron chi connectivity index (χ3n) is 5.81. The molecule has 0 N–H and O–H groups in total. The Morgan fingerprint density at radius 1 is 0.714 bits per heavy atom. The van der Waals surface area contributed by atoms with Gasteiger partial charge in [0.05, 0.1) is 19.3 Å². The van der Waals surface area contributed by atoms with E-state index in [0.29, 0.717) is 17.3 Å². The molecule has 6 heteroatoms. The highest BCUT2D eigenvalue weighted by Crippen LogP contribution is 2.28. The first-order valence-electron chi connectivity index (χ1n) is 12.0. The molecular weight excluding hydrogens is 440 g/mol. The van der Waals surface area contributed by atoms with E-state index in [9.17, 15) is 4.79 Å². The molecule has 0 aliphatic heterocycles. The van der Waals surface area contributed by atoms with Gasteiger partial charge in [-0.15, -0.1) is 10.2 Å². The van der Waals surface area contributed by atoms with Gasteiger partial charge in [-0.25, -0.2) is 4.79 Å². The lowest BCUT2D eigenvalue weighted by Crippen LogP contribution is -2.00. The quantitative estimate of drug-likeness (QED) is 0.170. The minimum atomic E-state index is -0.386. The van der Waals surface area contributed by atoms with Gasteiger partial charge in [0, 0.05) is 11.1 Å². The van der Waals surface area contributed by atoms with Crippen molar-refractivity contribution in [2.75, 3.05) is 13.7 Å². The molecule has 0 bridgehead atoms. The highest BCUT2D eigenvalue weighted by Gasteiger charge is 2.12. The number of esters is 1. The zero-order chi connectivity index (χ0) is 24.5. The van der Waals surface area contributed by atoms with Crippen molar-refractivity contribution >= 4 is 5.97 Å². The third kappa shape index (κ3) is 6.35. The molecule has 35 heavy (non-hydrogen) atoms. The van der Waals surface area contributed by atoms with Crippen LogP contribution in [-0.2, 0) is 4.74 Å². The Kier molecular flexibility index (Phi) is 8.28. The number of nitrogens with zero attached hydrogens (tertiary/aromatic N) is 2. The molecule has 0 atom stereocenters. The molecular formula is C29H30N2O4. The number of hydrogen-bond donors (Lipinski definition) is 0. The molecule has 0 aliphatic carbocycles. The minimum absolute atomic E-state index is 0.386. The molecule has 180 valence electrons. The van der Waals surface area contributed by atoms with Crippen LogP contribution in [0.15, 0.2) is 77.2 Å². The van der Waals surface area contributed by atoms with Crippen molar-refractivity contribution in [1.82, 2.24) is 10.2 Å². The van der Waals surface area contributed by atoms with E-state index < -0.39 is 0 Å². The Balaban J connectivity index is 1.36. The molecule has 6 nitrogen and oxygen atoms in total. The van der Waals surface area contributed by atoms with Crippen LogP contribution in [0.2, 0.25) is 0 Å².